The van der Waals surface area contributed by atoms with E-state index in [2.05, 4.69) is 0 Å². The number of Topliss-reactive ketones (excluding diaryl/α,β-unsaturated/α-hetero) is 1. The molecule has 0 aliphatic carbocycles. The molecule has 0 saturated heterocycles. The summed E-state index contributed by atoms with van der Waals surface area (Å²) in [6.07, 6.45) is 1.41. The third-order valence-corrected chi connectivity index (χ3v) is 4.55. The zero-order valence-corrected chi connectivity index (χ0v) is 17.3. The molecule has 0 radical (unpaired) electrons. The highest BCUT2D eigenvalue weighted by molar-refractivity contribution is 6.20. The first-order chi connectivity index (χ1) is 15.0. The van der Waals surface area contributed by atoms with E-state index in [1.165, 1.54) is 20.1 Å². The number of rotatable bonds is 8. The molecule has 3 aromatic carbocycles. The van der Waals surface area contributed by atoms with Crippen molar-refractivity contribution in [3.8, 4) is 5.75 Å². The van der Waals surface area contributed by atoms with Crippen molar-refractivity contribution in [1.82, 2.24) is 0 Å². The van der Waals surface area contributed by atoms with Crippen LogP contribution >= 0.6 is 0 Å². The highest BCUT2D eigenvalue weighted by Crippen LogP contribution is 2.31. The van der Waals surface area contributed by atoms with E-state index in [-0.39, 0.29) is 24.5 Å². The van der Waals surface area contributed by atoms with Gasteiger partial charge in [-0.3, -0.25) is 4.79 Å². The Balaban J connectivity index is 2.06. The Morgan fingerprint density at radius 3 is 2.29 bits per heavy atom. The second-order valence-electron chi connectivity index (χ2n) is 6.70. The van der Waals surface area contributed by atoms with Crippen LogP contribution in [0, 0.1) is 0 Å². The van der Waals surface area contributed by atoms with Crippen LogP contribution in [0.1, 0.15) is 22.8 Å². The van der Waals surface area contributed by atoms with Gasteiger partial charge in [-0.1, -0.05) is 48.5 Å². The average Bonchev–Trinajstić information content (AvgIpc) is 2.78. The smallest absolute Gasteiger partial charge is 0.343 e. The summed E-state index contributed by atoms with van der Waals surface area (Å²) in [5.74, 6) is -1.54. The highest BCUT2D eigenvalue weighted by Gasteiger charge is 2.20. The normalized spacial score (nSPS) is 11.2. The first-order valence-electron chi connectivity index (χ1n) is 9.69. The first-order valence-corrected chi connectivity index (χ1v) is 9.69. The summed E-state index contributed by atoms with van der Waals surface area (Å²) in [6.45, 7) is 1.51. The number of ether oxygens (including phenoxy) is 3. The summed E-state index contributed by atoms with van der Waals surface area (Å²) in [5.41, 5.74) is 0.678. The van der Waals surface area contributed by atoms with Crippen molar-refractivity contribution in [3.05, 3.63) is 83.4 Å². The van der Waals surface area contributed by atoms with E-state index < -0.39 is 17.7 Å². The number of esters is 2. The van der Waals surface area contributed by atoms with Crippen LogP contribution in [-0.4, -0.2) is 38.0 Å². The van der Waals surface area contributed by atoms with Crippen molar-refractivity contribution in [1.29, 1.82) is 0 Å². The van der Waals surface area contributed by atoms with Gasteiger partial charge in [0.2, 0.25) is 0 Å². The number of benzene rings is 3. The molecule has 0 heterocycles. The van der Waals surface area contributed by atoms with Crippen molar-refractivity contribution in [3.63, 3.8) is 0 Å². The Morgan fingerprint density at radius 1 is 0.871 bits per heavy atom. The lowest BCUT2D eigenvalue weighted by molar-refractivity contribution is -0.141. The number of methoxy groups -OCH3 is 1. The molecule has 0 aromatic heterocycles. The average molecular weight is 418 g/mol. The molecule has 6 nitrogen and oxygen atoms in total. The fraction of sp³-hybridized carbons (Fsp3) is 0.160. The summed E-state index contributed by atoms with van der Waals surface area (Å²) < 4.78 is 15.6. The van der Waals surface area contributed by atoms with Crippen LogP contribution in [0.4, 0.5) is 0 Å². The summed E-state index contributed by atoms with van der Waals surface area (Å²) in [7, 11) is 1.49. The number of carbonyl (C=O) groups excluding carboxylic acids is 3. The Bertz CT molecular complexity index is 1130. The van der Waals surface area contributed by atoms with E-state index in [1.54, 1.807) is 36.4 Å². The van der Waals surface area contributed by atoms with E-state index in [0.29, 0.717) is 11.1 Å². The van der Waals surface area contributed by atoms with Crippen LogP contribution in [0.25, 0.3) is 16.8 Å². The third kappa shape index (κ3) is 5.43. The van der Waals surface area contributed by atoms with Crippen molar-refractivity contribution < 1.29 is 28.6 Å². The lowest BCUT2D eigenvalue weighted by atomic mass is 10.00. The van der Waals surface area contributed by atoms with Crippen LogP contribution in [-0.2, 0) is 19.1 Å². The Kier molecular flexibility index (Phi) is 7.30. The molecule has 0 amide bonds. The zero-order valence-electron chi connectivity index (χ0n) is 17.3. The topological polar surface area (TPSA) is 78.9 Å². The second-order valence-corrected chi connectivity index (χ2v) is 6.70. The van der Waals surface area contributed by atoms with Gasteiger partial charge in [-0.15, -0.1) is 0 Å². The number of carbonyl (C=O) groups is 3. The van der Waals surface area contributed by atoms with Crippen LogP contribution in [0.5, 0.6) is 5.75 Å². The Labute approximate surface area is 180 Å². The molecule has 0 atom stereocenters. The van der Waals surface area contributed by atoms with Crippen molar-refractivity contribution in [2.75, 3.05) is 20.3 Å². The molecule has 0 aliphatic rings. The van der Waals surface area contributed by atoms with Gasteiger partial charge in [0.25, 0.3) is 0 Å². The zero-order chi connectivity index (χ0) is 22.2. The minimum atomic E-state index is -0.766. The molecular formula is C25H22O6. The van der Waals surface area contributed by atoms with Gasteiger partial charge in [-0.05, 0) is 42.0 Å². The predicted octanol–water partition coefficient (Wildman–Crippen LogP) is 4.22. The second kappa shape index (κ2) is 10.3. The molecule has 31 heavy (non-hydrogen) atoms. The van der Waals surface area contributed by atoms with Gasteiger partial charge in [0.05, 0.1) is 12.2 Å². The molecular weight excluding hydrogens is 396 g/mol. The fourth-order valence-corrected chi connectivity index (χ4v) is 2.99. The molecule has 0 aliphatic heterocycles. The monoisotopic (exact) mass is 418 g/mol. The molecule has 0 unspecified atom stereocenters. The fourth-order valence-electron chi connectivity index (χ4n) is 2.99. The Morgan fingerprint density at radius 2 is 1.58 bits per heavy atom. The van der Waals surface area contributed by atoms with Crippen LogP contribution in [0.15, 0.2) is 72.3 Å². The van der Waals surface area contributed by atoms with E-state index in [9.17, 15) is 14.4 Å². The molecule has 0 fully saturated rings. The molecule has 3 aromatic rings. The Hall–Kier alpha value is -3.77. The molecule has 3 rings (SSSR count). The molecule has 0 saturated carbocycles. The molecule has 158 valence electrons. The lowest BCUT2D eigenvalue weighted by Gasteiger charge is -2.12. The summed E-state index contributed by atoms with van der Waals surface area (Å²) in [4.78, 5) is 37.3. The number of hydrogen-bond acceptors (Lipinski definition) is 6. The summed E-state index contributed by atoms with van der Waals surface area (Å²) in [5, 5.41) is 1.59. The lowest BCUT2D eigenvalue weighted by Crippen LogP contribution is -2.16. The minimum absolute atomic E-state index is 0.0192. The van der Waals surface area contributed by atoms with Crippen LogP contribution in [0.3, 0.4) is 0 Å². The van der Waals surface area contributed by atoms with Gasteiger partial charge in [-0.25, -0.2) is 9.59 Å². The van der Waals surface area contributed by atoms with Crippen molar-refractivity contribution >= 4 is 34.6 Å². The molecule has 0 bridgehead atoms. The highest BCUT2D eigenvalue weighted by atomic mass is 16.6. The third-order valence-electron chi connectivity index (χ3n) is 4.55. The maximum atomic E-state index is 12.6. The SMILES string of the molecule is COCCOC(=O)/C(=C\c1c(OC(=O)c2ccccc2)ccc2ccccc12)C(C)=O. The maximum Gasteiger partial charge on any atom is 0.343 e. The quantitative estimate of drug-likeness (QED) is 0.136. The van der Waals surface area contributed by atoms with Crippen molar-refractivity contribution in [2.24, 2.45) is 0 Å². The van der Waals surface area contributed by atoms with E-state index in [4.69, 9.17) is 14.2 Å². The number of ketones is 1. The van der Waals surface area contributed by atoms with Gasteiger partial charge in [-0.2, -0.15) is 0 Å². The van der Waals surface area contributed by atoms with Gasteiger partial charge in [0.1, 0.15) is 17.9 Å². The number of fused-ring (bicyclic) bond motifs is 1. The number of hydrogen-bond donors (Lipinski definition) is 0. The standard InChI is InChI=1S/C25H22O6/c1-17(26)21(25(28)30-15-14-29-2)16-22-20-11-7-6-8-18(20)12-13-23(22)31-24(27)19-9-4-3-5-10-19/h3-13,16H,14-15H2,1-2H3/b21-16-. The van der Waals surface area contributed by atoms with Crippen LogP contribution in [0.2, 0.25) is 0 Å². The van der Waals surface area contributed by atoms with E-state index in [1.807, 2.05) is 30.3 Å². The van der Waals surface area contributed by atoms with Crippen LogP contribution < -0.4 is 4.74 Å². The first kappa shape index (κ1) is 21.9. The van der Waals surface area contributed by atoms with Gasteiger partial charge in [0, 0.05) is 12.7 Å². The maximum absolute atomic E-state index is 12.6. The minimum Gasteiger partial charge on any atom is -0.460 e. The van der Waals surface area contributed by atoms with Gasteiger partial charge >= 0.3 is 11.9 Å². The van der Waals surface area contributed by atoms with Gasteiger partial charge < -0.3 is 14.2 Å². The van der Waals surface area contributed by atoms with Gasteiger partial charge in [0.15, 0.2) is 5.78 Å². The summed E-state index contributed by atoms with van der Waals surface area (Å²) >= 11 is 0. The molecule has 0 N–H and O–H groups in total. The van der Waals surface area contributed by atoms with E-state index in [0.717, 1.165) is 10.8 Å². The van der Waals surface area contributed by atoms with E-state index >= 15 is 0 Å². The largest absolute Gasteiger partial charge is 0.460 e. The predicted molar refractivity (Wildman–Crippen MR) is 117 cm³/mol. The molecule has 6 heteroatoms. The van der Waals surface area contributed by atoms with Crippen molar-refractivity contribution in [2.45, 2.75) is 6.92 Å². The summed E-state index contributed by atoms with van der Waals surface area (Å²) in [6, 6.07) is 19.4. The molecule has 0 spiro atoms.